The lowest BCUT2D eigenvalue weighted by atomic mass is 10.2. The molecular formula is C19H18BrN5. The van der Waals surface area contributed by atoms with Crippen molar-refractivity contribution in [2.24, 2.45) is 0 Å². The van der Waals surface area contributed by atoms with Crippen LogP contribution in [0.1, 0.15) is 25.6 Å². The highest BCUT2D eigenvalue weighted by atomic mass is 79.9. The first-order chi connectivity index (χ1) is 12.0. The summed E-state index contributed by atoms with van der Waals surface area (Å²) in [6.07, 6.45) is 1.80. The molecular weight excluding hydrogens is 378 g/mol. The van der Waals surface area contributed by atoms with Crippen molar-refractivity contribution in [3.63, 3.8) is 0 Å². The summed E-state index contributed by atoms with van der Waals surface area (Å²) in [6.45, 7) is 6.26. The predicted molar refractivity (Wildman–Crippen MR) is 103 cm³/mol. The fourth-order valence-corrected chi connectivity index (χ4v) is 3.22. The summed E-state index contributed by atoms with van der Waals surface area (Å²) in [6, 6.07) is 14.5. The third-order valence-electron chi connectivity index (χ3n) is 4.21. The smallest absolute Gasteiger partial charge is 0.159 e. The molecule has 0 atom stereocenters. The standard InChI is InChI=1S/C19H18BrN5/c1-12(2)24-19-16(13(3)23-24)8-9-17(22-19)18-10-11-21-25(18)15-6-4-14(20)5-7-15/h4-12H,1-3H3. The molecule has 3 aromatic heterocycles. The molecule has 5 nitrogen and oxygen atoms in total. The average molecular weight is 396 g/mol. The van der Waals surface area contributed by atoms with Crippen LogP contribution < -0.4 is 0 Å². The van der Waals surface area contributed by atoms with Gasteiger partial charge in [0, 0.05) is 15.9 Å². The van der Waals surface area contributed by atoms with Crippen molar-refractivity contribution >= 4 is 27.0 Å². The zero-order valence-electron chi connectivity index (χ0n) is 14.3. The van der Waals surface area contributed by atoms with Crippen LogP contribution in [0, 0.1) is 6.92 Å². The van der Waals surface area contributed by atoms with Crippen LogP contribution in [0.15, 0.2) is 53.1 Å². The van der Waals surface area contributed by atoms with Gasteiger partial charge in [-0.05, 0) is 63.2 Å². The van der Waals surface area contributed by atoms with Crippen LogP contribution >= 0.6 is 15.9 Å². The molecule has 0 N–H and O–H groups in total. The number of hydrogen-bond acceptors (Lipinski definition) is 3. The van der Waals surface area contributed by atoms with Gasteiger partial charge in [-0.15, -0.1) is 0 Å². The molecule has 1 aromatic carbocycles. The van der Waals surface area contributed by atoms with E-state index in [9.17, 15) is 0 Å². The van der Waals surface area contributed by atoms with Crippen LogP contribution in [-0.2, 0) is 0 Å². The summed E-state index contributed by atoms with van der Waals surface area (Å²) < 4.78 is 4.93. The number of benzene rings is 1. The van der Waals surface area contributed by atoms with E-state index in [1.54, 1.807) is 6.20 Å². The lowest BCUT2D eigenvalue weighted by Gasteiger charge is -2.09. The minimum Gasteiger partial charge on any atom is -0.244 e. The highest BCUT2D eigenvalue weighted by Crippen LogP contribution is 2.26. The molecule has 0 aliphatic rings. The Morgan fingerprint density at radius 3 is 2.48 bits per heavy atom. The number of pyridine rings is 1. The van der Waals surface area contributed by atoms with Gasteiger partial charge < -0.3 is 0 Å². The quantitative estimate of drug-likeness (QED) is 0.493. The van der Waals surface area contributed by atoms with E-state index in [0.29, 0.717) is 0 Å². The van der Waals surface area contributed by atoms with Gasteiger partial charge in [-0.3, -0.25) is 0 Å². The number of nitrogens with zero attached hydrogens (tertiary/aromatic N) is 5. The van der Waals surface area contributed by atoms with Gasteiger partial charge >= 0.3 is 0 Å². The Morgan fingerprint density at radius 1 is 1.00 bits per heavy atom. The summed E-state index contributed by atoms with van der Waals surface area (Å²) >= 11 is 3.47. The molecule has 0 amide bonds. The van der Waals surface area contributed by atoms with Crippen molar-refractivity contribution in [1.29, 1.82) is 0 Å². The molecule has 4 aromatic rings. The SMILES string of the molecule is Cc1nn(C(C)C)c2nc(-c3ccnn3-c3ccc(Br)cc3)ccc12. The first-order valence-corrected chi connectivity index (χ1v) is 9.00. The van der Waals surface area contributed by atoms with E-state index in [1.807, 2.05) is 52.7 Å². The summed E-state index contributed by atoms with van der Waals surface area (Å²) in [5, 5.41) is 10.2. The van der Waals surface area contributed by atoms with Crippen LogP contribution in [-0.4, -0.2) is 24.5 Å². The van der Waals surface area contributed by atoms with Gasteiger partial charge in [-0.25, -0.2) is 14.3 Å². The maximum absolute atomic E-state index is 4.89. The summed E-state index contributed by atoms with van der Waals surface area (Å²) in [4.78, 5) is 4.89. The number of fused-ring (bicyclic) bond motifs is 1. The molecule has 0 saturated heterocycles. The van der Waals surface area contributed by atoms with Crippen LogP contribution in [0.3, 0.4) is 0 Å². The van der Waals surface area contributed by atoms with Gasteiger partial charge in [0.2, 0.25) is 0 Å². The summed E-state index contributed by atoms with van der Waals surface area (Å²) in [7, 11) is 0. The maximum Gasteiger partial charge on any atom is 0.159 e. The van der Waals surface area contributed by atoms with E-state index in [-0.39, 0.29) is 6.04 Å². The van der Waals surface area contributed by atoms with Crippen LogP contribution in [0.5, 0.6) is 0 Å². The minimum atomic E-state index is 0.260. The molecule has 126 valence electrons. The number of aryl methyl sites for hydroxylation is 1. The topological polar surface area (TPSA) is 48.5 Å². The van der Waals surface area contributed by atoms with E-state index >= 15 is 0 Å². The number of rotatable bonds is 3. The Morgan fingerprint density at radius 2 is 1.76 bits per heavy atom. The summed E-state index contributed by atoms with van der Waals surface area (Å²) in [5.41, 5.74) is 4.75. The fourth-order valence-electron chi connectivity index (χ4n) is 2.96. The Hall–Kier alpha value is -2.47. The van der Waals surface area contributed by atoms with Crippen molar-refractivity contribution < 1.29 is 0 Å². The molecule has 0 bridgehead atoms. The number of aromatic nitrogens is 5. The molecule has 0 saturated carbocycles. The van der Waals surface area contributed by atoms with Crippen molar-refractivity contribution in [2.45, 2.75) is 26.8 Å². The van der Waals surface area contributed by atoms with Crippen LogP contribution in [0.4, 0.5) is 0 Å². The third-order valence-corrected chi connectivity index (χ3v) is 4.73. The fraction of sp³-hybridized carbons (Fsp3) is 0.211. The highest BCUT2D eigenvalue weighted by Gasteiger charge is 2.15. The number of hydrogen-bond donors (Lipinski definition) is 0. The van der Waals surface area contributed by atoms with E-state index in [1.165, 1.54) is 0 Å². The molecule has 4 rings (SSSR count). The Bertz CT molecular complexity index is 1040. The Kier molecular flexibility index (Phi) is 3.92. The normalized spacial score (nSPS) is 11.6. The Labute approximate surface area is 154 Å². The average Bonchev–Trinajstić information content (AvgIpc) is 3.20. The molecule has 0 unspecified atom stereocenters. The van der Waals surface area contributed by atoms with Gasteiger partial charge in [-0.2, -0.15) is 10.2 Å². The minimum absolute atomic E-state index is 0.260. The van der Waals surface area contributed by atoms with Crippen molar-refractivity contribution in [2.75, 3.05) is 0 Å². The van der Waals surface area contributed by atoms with Gasteiger partial charge in [0.05, 0.1) is 29.0 Å². The number of halogens is 1. The molecule has 0 spiro atoms. The van der Waals surface area contributed by atoms with Gasteiger partial charge in [-0.1, -0.05) is 15.9 Å². The molecule has 25 heavy (non-hydrogen) atoms. The molecule has 6 heteroatoms. The van der Waals surface area contributed by atoms with E-state index in [2.05, 4.69) is 46.0 Å². The largest absolute Gasteiger partial charge is 0.244 e. The van der Waals surface area contributed by atoms with Gasteiger partial charge in [0.1, 0.15) is 0 Å². The van der Waals surface area contributed by atoms with Crippen LogP contribution in [0.2, 0.25) is 0 Å². The molecule has 0 aliphatic carbocycles. The monoisotopic (exact) mass is 395 g/mol. The lowest BCUT2D eigenvalue weighted by molar-refractivity contribution is 0.543. The lowest BCUT2D eigenvalue weighted by Crippen LogP contribution is -2.05. The van der Waals surface area contributed by atoms with Gasteiger partial charge in [0.25, 0.3) is 0 Å². The van der Waals surface area contributed by atoms with E-state index in [4.69, 9.17) is 4.98 Å². The van der Waals surface area contributed by atoms with E-state index < -0.39 is 0 Å². The van der Waals surface area contributed by atoms with Crippen LogP contribution in [0.25, 0.3) is 28.1 Å². The second-order valence-corrected chi connectivity index (χ2v) is 7.21. The first kappa shape index (κ1) is 16.0. The van der Waals surface area contributed by atoms with Crippen molar-refractivity contribution in [1.82, 2.24) is 24.5 Å². The maximum atomic E-state index is 4.89. The molecule has 3 heterocycles. The van der Waals surface area contributed by atoms with E-state index in [0.717, 1.165) is 38.3 Å². The first-order valence-electron chi connectivity index (χ1n) is 8.21. The third kappa shape index (κ3) is 2.76. The zero-order chi connectivity index (χ0) is 17.6. The zero-order valence-corrected chi connectivity index (χ0v) is 15.9. The summed E-state index contributed by atoms with van der Waals surface area (Å²) in [5.74, 6) is 0. The highest BCUT2D eigenvalue weighted by molar-refractivity contribution is 9.10. The molecule has 0 radical (unpaired) electrons. The molecule has 0 fully saturated rings. The Balaban J connectivity index is 1.87. The van der Waals surface area contributed by atoms with Gasteiger partial charge in [0.15, 0.2) is 5.65 Å². The molecule has 0 aliphatic heterocycles. The second-order valence-electron chi connectivity index (χ2n) is 6.30. The second kappa shape index (κ2) is 6.11. The van der Waals surface area contributed by atoms with Crippen molar-refractivity contribution in [3.8, 4) is 17.1 Å². The van der Waals surface area contributed by atoms with Crippen molar-refractivity contribution in [3.05, 3.63) is 58.8 Å². The predicted octanol–water partition coefficient (Wildman–Crippen LogP) is 4.94.